The molecule has 0 radical (unpaired) electrons. The summed E-state index contributed by atoms with van der Waals surface area (Å²) in [4.78, 5) is 28.8. The van der Waals surface area contributed by atoms with Crippen molar-refractivity contribution >= 4 is 23.2 Å². The van der Waals surface area contributed by atoms with Crippen molar-refractivity contribution in [3.05, 3.63) is 23.8 Å². The number of fused-ring (bicyclic) bond motifs is 1. The van der Waals surface area contributed by atoms with Crippen LogP contribution >= 0.6 is 0 Å². The van der Waals surface area contributed by atoms with Crippen LogP contribution in [-0.2, 0) is 9.59 Å². The number of nitrogens with one attached hydrogen (secondary N) is 1. The maximum Gasteiger partial charge on any atom is 0.230 e. The Morgan fingerprint density at radius 3 is 2.67 bits per heavy atom. The molecule has 1 aromatic rings. The van der Waals surface area contributed by atoms with Crippen LogP contribution in [0.4, 0.5) is 11.4 Å². The molecule has 2 aliphatic heterocycles. The average molecular weight is 372 g/mol. The molecule has 1 unspecified atom stereocenters. The predicted octanol–water partition coefficient (Wildman–Crippen LogP) is 1.08. The number of carbonyl (C=O) groups is 2. The summed E-state index contributed by atoms with van der Waals surface area (Å²) in [5.74, 6) is 0.636. The van der Waals surface area contributed by atoms with Gasteiger partial charge in [0.2, 0.25) is 11.8 Å². The lowest BCUT2D eigenvalue weighted by atomic mass is 9.96. The summed E-state index contributed by atoms with van der Waals surface area (Å²) in [7, 11) is 0. The zero-order valence-corrected chi connectivity index (χ0v) is 16.0. The van der Waals surface area contributed by atoms with Crippen LogP contribution in [0.25, 0.3) is 0 Å². The van der Waals surface area contributed by atoms with Gasteiger partial charge in [-0.15, -0.1) is 0 Å². The smallest absolute Gasteiger partial charge is 0.230 e. The largest absolute Gasteiger partial charge is 0.395 e. The Kier molecular flexibility index (Phi) is 4.92. The van der Waals surface area contributed by atoms with Gasteiger partial charge >= 0.3 is 0 Å². The van der Waals surface area contributed by atoms with E-state index in [1.54, 1.807) is 11.8 Å². The first-order valence-corrected chi connectivity index (χ1v) is 9.84. The van der Waals surface area contributed by atoms with Crippen LogP contribution < -0.4 is 15.2 Å². The normalized spacial score (nSPS) is 25.6. The van der Waals surface area contributed by atoms with Crippen molar-refractivity contribution in [3.63, 3.8) is 0 Å². The zero-order valence-electron chi connectivity index (χ0n) is 16.0. The number of hydrogen-bond donors (Lipinski definition) is 2. The number of hydrazine groups is 1. The minimum absolute atomic E-state index is 0.00618. The molecule has 7 heteroatoms. The Labute approximate surface area is 159 Å². The fraction of sp³-hybridized carbons (Fsp3) is 0.600. The molecule has 0 spiro atoms. The van der Waals surface area contributed by atoms with Crippen LogP contribution in [-0.4, -0.2) is 60.8 Å². The lowest BCUT2D eigenvalue weighted by Crippen LogP contribution is -2.51. The van der Waals surface area contributed by atoms with Crippen molar-refractivity contribution < 1.29 is 14.7 Å². The summed E-state index contributed by atoms with van der Waals surface area (Å²) in [6.07, 6.45) is 1.94. The first-order valence-electron chi connectivity index (χ1n) is 9.84. The molecule has 146 valence electrons. The van der Waals surface area contributed by atoms with Gasteiger partial charge in [-0.1, -0.05) is 6.07 Å². The van der Waals surface area contributed by atoms with Gasteiger partial charge in [0.15, 0.2) is 0 Å². The highest BCUT2D eigenvalue weighted by Gasteiger charge is 2.40. The van der Waals surface area contributed by atoms with Gasteiger partial charge in [0.05, 0.1) is 24.0 Å². The number of anilines is 2. The van der Waals surface area contributed by atoms with E-state index in [-0.39, 0.29) is 30.4 Å². The van der Waals surface area contributed by atoms with Crippen molar-refractivity contribution in [2.45, 2.75) is 38.6 Å². The average Bonchev–Trinajstić information content (AvgIpc) is 3.39. The first-order chi connectivity index (χ1) is 13.0. The number of aliphatic hydroxyl groups is 1. The van der Waals surface area contributed by atoms with Crippen LogP contribution in [0.1, 0.15) is 38.2 Å². The molecular weight excluding hydrogens is 344 g/mol. The summed E-state index contributed by atoms with van der Waals surface area (Å²) >= 11 is 0. The van der Waals surface area contributed by atoms with E-state index in [2.05, 4.69) is 17.6 Å². The van der Waals surface area contributed by atoms with Gasteiger partial charge in [-0.3, -0.25) is 15.0 Å². The molecule has 0 bridgehead atoms. The van der Waals surface area contributed by atoms with E-state index in [0.717, 1.165) is 42.9 Å². The Balaban J connectivity index is 1.67. The van der Waals surface area contributed by atoms with E-state index in [0.29, 0.717) is 19.0 Å². The van der Waals surface area contributed by atoms with Crippen LogP contribution in [0.2, 0.25) is 0 Å². The van der Waals surface area contributed by atoms with E-state index >= 15 is 0 Å². The quantitative estimate of drug-likeness (QED) is 0.827. The van der Waals surface area contributed by atoms with Crippen LogP contribution in [0, 0.1) is 5.92 Å². The minimum atomic E-state index is -0.0308. The zero-order chi connectivity index (χ0) is 19.1. The molecule has 2 atom stereocenters. The summed E-state index contributed by atoms with van der Waals surface area (Å²) in [5, 5.41) is 11.2. The Bertz CT molecular complexity index is 749. The van der Waals surface area contributed by atoms with Gasteiger partial charge in [0.1, 0.15) is 0 Å². The molecule has 7 nitrogen and oxygen atoms in total. The van der Waals surface area contributed by atoms with Crippen LogP contribution in [0.3, 0.4) is 0 Å². The molecule has 2 fully saturated rings. The van der Waals surface area contributed by atoms with E-state index in [1.165, 1.54) is 0 Å². The number of nitrogens with zero attached hydrogens (tertiary/aromatic N) is 3. The second-order valence-corrected chi connectivity index (χ2v) is 7.94. The number of hydrogen-bond acceptors (Lipinski definition) is 5. The Morgan fingerprint density at radius 1 is 1.22 bits per heavy atom. The third-order valence-corrected chi connectivity index (χ3v) is 5.81. The molecule has 2 N–H and O–H groups in total. The second-order valence-electron chi connectivity index (χ2n) is 7.94. The van der Waals surface area contributed by atoms with E-state index in [1.807, 2.05) is 22.9 Å². The number of rotatable bonds is 4. The van der Waals surface area contributed by atoms with E-state index in [9.17, 15) is 9.59 Å². The maximum absolute atomic E-state index is 12.9. The maximum atomic E-state index is 12.9. The summed E-state index contributed by atoms with van der Waals surface area (Å²) in [6, 6.07) is 6.12. The van der Waals surface area contributed by atoms with E-state index < -0.39 is 0 Å². The summed E-state index contributed by atoms with van der Waals surface area (Å²) in [6.45, 7) is 6.48. The third-order valence-electron chi connectivity index (χ3n) is 5.81. The molecule has 27 heavy (non-hydrogen) atoms. The summed E-state index contributed by atoms with van der Waals surface area (Å²) < 4.78 is 0. The lowest BCUT2D eigenvalue weighted by Gasteiger charge is -2.41. The fourth-order valence-corrected chi connectivity index (χ4v) is 4.28. The monoisotopic (exact) mass is 372 g/mol. The molecule has 0 aromatic heterocycles. The van der Waals surface area contributed by atoms with Crippen molar-refractivity contribution in [1.29, 1.82) is 0 Å². The van der Waals surface area contributed by atoms with Crippen molar-refractivity contribution in [3.8, 4) is 0 Å². The lowest BCUT2D eigenvalue weighted by molar-refractivity contribution is -0.120. The number of amides is 2. The molecule has 1 saturated carbocycles. The van der Waals surface area contributed by atoms with Crippen molar-refractivity contribution in [2.24, 2.45) is 5.92 Å². The minimum Gasteiger partial charge on any atom is -0.395 e. The molecule has 2 heterocycles. The van der Waals surface area contributed by atoms with Gasteiger partial charge in [-0.25, -0.2) is 5.01 Å². The number of aliphatic hydroxyl groups excluding tert-OH is 1. The standard InChI is InChI=1S/C20H28N4O3/c1-13-11-23(20(27)15-3-4-15)19-9-16(5-6-18(19)24(13)14(2)26)17-10-21-22(12-17)7-8-25/h5-6,9,13,15,17,21,25H,3-4,7-8,10-12H2,1-2H3/t13-,17?/m0/s1. The highest BCUT2D eigenvalue weighted by atomic mass is 16.3. The highest BCUT2D eigenvalue weighted by Crippen LogP contribution is 2.41. The molecular formula is C20H28N4O3. The predicted molar refractivity (Wildman–Crippen MR) is 104 cm³/mol. The Morgan fingerprint density at radius 2 is 2.00 bits per heavy atom. The van der Waals surface area contributed by atoms with Crippen LogP contribution in [0.15, 0.2) is 18.2 Å². The Hall–Kier alpha value is -1.96. The third kappa shape index (κ3) is 3.47. The van der Waals surface area contributed by atoms with E-state index in [4.69, 9.17) is 5.11 Å². The molecule has 4 rings (SSSR count). The van der Waals surface area contributed by atoms with Gasteiger partial charge in [-0.05, 0) is 37.5 Å². The van der Waals surface area contributed by atoms with Crippen LogP contribution in [0.5, 0.6) is 0 Å². The second kappa shape index (κ2) is 7.22. The molecule has 1 saturated heterocycles. The number of β-amino-alcohol motifs (C(OH)–C–C–N with tert-alkyl or cyclic N) is 1. The van der Waals surface area contributed by atoms with Gasteiger partial charge in [0, 0.05) is 44.9 Å². The van der Waals surface area contributed by atoms with Gasteiger partial charge in [0.25, 0.3) is 0 Å². The molecule has 1 aliphatic carbocycles. The fourth-order valence-electron chi connectivity index (χ4n) is 4.28. The molecule has 1 aromatic carbocycles. The van der Waals surface area contributed by atoms with Crippen molar-refractivity contribution in [2.75, 3.05) is 42.6 Å². The van der Waals surface area contributed by atoms with Gasteiger partial charge in [-0.2, -0.15) is 0 Å². The van der Waals surface area contributed by atoms with Crippen molar-refractivity contribution in [1.82, 2.24) is 10.4 Å². The SMILES string of the molecule is CC(=O)N1c2ccc(C3CNN(CCO)C3)cc2N(C(=O)C2CC2)C[C@@H]1C. The summed E-state index contributed by atoms with van der Waals surface area (Å²) in [5.41, 5.74) is 6.16. The molecule has 2 amide bonds. The number of carbonyl (C=O) groups excluding carboxylic acids is 2. The molecule has 3 aliphatic rings. The number of benzene rings is 1. The highest BCUT2D eigenvalue weighted by molar-refractivity contribution is 6.05. The van der Waals surface area contributed by atoms with Gasteiger partial charge < -0.3 is 14.9 Å². The topological polar surface area (TPSA) is 76.1 Å². The first kappa shape index (κ1) is 18.4.